The maximum atomic E-state index is 6.25. The molecule has 4 aromatic rings. The standard InChI is InChI=1S/C22H24N4/c1-2-3-13-19-25-20-21(17-11-7-8-12-18(17)24-22(20)23)26(19)15-14-16-9-5-4-6-10-16/h4-12H,2-3,13-15H2,1H3,(H2,23,24). The van der Waals surface area contributed by atoms with Crippen LogP contribution in [-0.4, -0.2) is 14.5 Å². The van der Waals surface area contributed by atoms with Gasteiger partial charge < -0.3 is 10.3 Å². The number of hydrogen-bond donors (Lipinski definition) is 1. The predicted molar refractivity (Wildman–Crippen MR) is 108 cm³/mol. The molecule has 2 aromatic heterocycles. The van der Waals surface area contributed by atoms with E-state index in [9.17, 15) is 0 Å². The molecular weight excluding hydrogens is 320 g/mol. The van der Waals surface area contributed by atoms with Gasteiger partial charge in [-0.2, -0.15) is 0 Å². The molecule has 132 valence electrons. The van der Waals surface area contributed by atoms with Crippen molar-refractivity contribution < 1.29 is 0 Å². The lowest BCUT2D eigenvalue weighted by molar-refractivity contribution is 0.645. The molecule has 0 aliphatic rings. The molecule has 26 heavy (non-hydrogen) atoms. The maximum absolute atomic E-state index is 6.25. The zero-order valence-corrected chi connectivity index (χ0v) is 15.2. The van der Waals surface area contributed by atoms with Crippen LogP contribution in [0.25, 0.3) is 21.9 Å². The van der Waals surface area contributed by atoms with Gasteiger partial charge in [0.25, 0.3) is 0 Å². The van der Waals surface area contributed by atoms with Gasteiger partial charge in [0.1, 0.15) is 11.3 Å². The molecule has 0 saturated carbocycles. The number of nitrogen functional groups attached to an aromatic ring is 1. The number of aryl methyl sites for hydroxylation is 3. The van der Waals surface area contributed by atoms with E-state index >= 15 is 0 Å². The lowest BCUT2D eigenvalue weighted by Gasteiger charge is -2.11. The second kappa shape index (κ2) is 7.16. The average Bonchev–Trinajstić information content (AvgIpc) is 3.05. The van der Waals surface area contributed by atoms with Crippen molar-refractivity contribution in [2.45, 2.75) is 39.2 Å². The summed E-state index contributed by atoms with van der Waals surface area (Å²) in [7, 11) is 0. The van der Waals surface area contributed by atoms with Crippen LogP contribution in [0.4, 0.5) is 5.82 Å². The van der Waals surface area contributed by atoms with Crippen LogP contribution >= 0.6 is 0 Å². The molecule has 4 rings (SSSR count). The van der Waals surface area contributed by atoms with Crippen molar-refractivity contribution in [3.8, 4) is 0 Å². The fourth-order valence-corrected chi connectivity index (χ4v) is 3.56. The van der Waals surface area contributed by atoms with E-state index in [1.165, 1.54) is 5.56 Å². The second-order valence-electron chi connectivity index (χ2n) is 6.73. The van der Waals surface area contributed by atoms with Crippen molar-refractivity contribution >= 4 is 27.8 Å². The van der Waals surface area contributed by atoms with Gasteiger partial charge in [-0.05, 0) is 24.5 Å². The van der Waals surface area contributed by atoms with Gasteiger partial charge in [0.15, 0.2) is 5.82 Å². The molecule has 0 aliphatic heterocycles. The summed E-state index contributed by atoms with van der Waals surface area (Å²) in [6.45, 7) is 3.11. The molecule has 0 aliphatic carbocycles. The third-order valence-electron chi connectivity index (χ3n) is 4.91. The van der Waals surface area contributed by atoms with Crippen LogP contribution in [0.2, 0.25) is 0 Å². The third kappa shape index (κ3) is 3.03. The third-order valence-corrected chi connectivity index (χ3v) is 4.91. The Morgan fingerprint density at radius 2 is 1.69 bits per heavy atom. The molecule has 0 spiro atoms. The van der Waals surface area contributed by atoms with Crippen LogP contribution in [-0.2, 0) is 19.4 Å². The average molecular weight is 344 g/mol. The highest BCUT2D eigenvalue weighted by Gasteiger charge is 2.16. The Labute approximate surface area is 153 Å². The Bertz CT molecular complexity index is 1030. The normalized spacial score (nSPS) is 11.4. The first-order chi connectivity index (χ1) is 12.8. The number of para-hydroxylation sites is 1. The zero-order chi connectivity index (χ0) is 17.9. The molecule has 4 nitrogen and oxygen atoms in total. The summed E-state index contributed by atoms with van der Waals surface area (Å²) >= 11 is 0. The molecule has 4 heteroatoms. The summed E-state index contributed by atoms with van der Waals surface area (Å²) in [5.41, 5.74) is 10.5. The molecule has 0 amide bonds. The number of aromatic nitrogens is 3. The number of imidazole rings is 1. The van der Waals surface area contributed by atoms with E-state index in [4.69, 9.17) is 10.7 Å². The SMILES string of the molecule is CCCCc1nc2c(N)nc3ccccc3c2n1CCc1ccccc1. The molecule has 0 saturated heterocycles. The van der Waals surface area contributed by atoms with E-state index < -0.39 is 0 Å². The predicted octanol–water partition coefficient (Wildman–Crippen LogP) is 4.75. The van der Waals surface area contributed by atoms with Gasteiger partial charge >= 0.3 is 0 Å². The van der Waals surface area contributed by atoms with Gasteiger partial charge in [-0.1, -0.05) is 61.9 Å². The molecule has 0 unspecified atom stereocenters. The van der Waals surface area contributed by atoms with E-state index in [0.717, 1.165) is 60.0 Å². The van der Waals surface area contributed by atoms with Crippen LogP contribution in [0.15, 0.2) is 54.6 Å². The van der Waals surface area contributed by atoms with E-state index in [2.05, 4.69) is 58.9 Å². The Balaban J connectivity index is 1.86. The minimum absolute atomic E-state index is 0.523. The molecule has 2 aromatic carbocycles. The van der Waals surface area contributed by atoms with Crippen LogP contribution < -0.4 is 5.73 Å². The summed E-state index contributed by atoms with van der Waals surface area (Å²) < 4.78 is 2.36. The monoisotopic (exact) mass is 344 g/mol. The summed E-state index contributed by atoms with van der Waals surface area (Å²) in [5, 5.41) is 1.13. The van der Waals surface area contributed by atoms with Gasteiger partial charge in [-0.15, -0.1) is 0 Å². The molecular formula is C22H24N4. The Kier molecular flexibility index (Phi) is 4.57. The number of hydrogen-bond acceptors (Lipinski definition) is 3. The van der Waals surface area contributed by atoms with Gasteiger partial charge in [-0.25, -0.2) is 9.97 Å². The van der Waals surface area contributed by atoms with Crippen LogP contribution in [0, 0.1) is 0 Å². The number of nitrogens with two attached hydrogens (primary N) is 1. The maximum Gasteiger partial charge on any atom is 0.152 e. The van der Waals surface area contributed by atoms with Crippen molar-refractivity contribution in [2.75, 3.05) is 5.73 Å². The van der Waals surface area contributed by atoms with Crippen molar-refractivity contribution in [1.29, 1.82) is 0 Å². The smallest absolute Gasteiger partial charge is 0.152 e. The van der Waals surface area contributed by atoms with E-state index in [1.54, 1.807) is 0 Å². The highest BCUT2D eigenvalue weighted by Crippen LogP contribution is 2.29. The molecule has 0 bridgehead atoms. The summed E-state index contributed by atoms with van der Waals surface area (Å²) in [6.07, 6.45) is 4.21. The molecule has 0 radical (unpaired) electrons. The van der Waals surface area contributed by atoms with Crippen molar-refractivity contribution in [2.24, 2.45) is 0 Å². The molecule has 2 N–H and O–H groups in total. The number of anilines is 1. The minimum atomic E-state index is 0.523. The zero-order valence-electron chi connectivity index (χ0n) is 15.2. The van der Waals surface area contributed by atoms with Gasteiger partial charge in [0.05, 0.1) is 11.0 Å². The number of fused-ring (bicyclic) bond motifs is 3. The molecule has 2 heterocycles. The van der Waals surface area contributed by atoms with Crippen molar-refractivity contribution in [3.05, 3.63) is 66.0 Å². The van der Waals surface area contributed by atoms with Crippen molar-refractivity contribution in [1.82, 2.24) is 14.5 Å². The lowest BCUT2D eigenvalue weighted by atomic mass is 10.1. The van der Waals surface area contributed by atoms with Crippen LogP contribution in [0.1, 0.15) is 31.2 Å². The first kappa shape index (κ1) is 16.6. The quantitative estimate of drug-likeness (QED) is 0.549. The highest BCUT2D eigenvalue weighted by atomic mass is 15.1. The molecule has 0 atom stereocenters. The summed E-state index contributed by atoms with van der Waals surface area (Å²) in [4.78, 5) is 9.45. The van der Waals surface area contributed by atoms with Crippen LogP contribution in [0.5, 0.6) is 0 Å². The Morgan fingerprint density at radius 1 is 0.923 bits per heavy atom. The Hall–Kier alpha value is -2.88. The number of nitrogens with zero attached hydrogens (tertiary/aromatic N) is 3. The van der Waals surface area contributed by atoms with E-state index in [0.29, 0.717) is 5.82 Å². The first-order valence-electron chi connectivity index (χ1n) is 9.35. The van der Waals surface area contributed by atoms with Crippen LogP contribution in [0.3, 0.4) is 0 Å². The highest BCUT2D eigenvalue weighted by molar-refractivity contribution is 6.06. The summed E-state index contributed by atoms with van der Waals surface area (Å²) in [5.74, 6) is 1.64. The van der Waals surface area contributed by atoms with Gasteiger partial charge in [0.2, 0.25) is 0 Å². The topological polar surface area (TPSA) is 56.7 Å². The largest absolute Gasteiger partial charge is 0.382 e. The summed E-state index contributed by atoms with van der Waals surface area (Å²) in [6, 6.07) is 18.8. The van der Waals surface area contributed by atoms with Crippen molar-refractivity contribution in [3.63, 3.8) is 0 Å². The van der Waals surface area contributed by atoms with Gasteiger partial charge in [-0.3, -0.25) is 0 Å². The lowest BCUT2D eigenvalue weighted by Crippen LogP contribution is -2.07. The fourth-order valence-electron chi connectivity index (χ4n) is 3.56. The van der Waals surface area contributed by atoms with E-state index in [-0.39, 0.29) is 0 Å². The van der Waals surface area contributed by atoms with Gasteiger partial charge in [0, 0.05) is 18.4 Å². The minimum Gasteiger partial charge on any atom is -0.382 e. The number of rotatable bonds is 6. The number of benzene rings is 2. The number of pyridine rings is 1. The fraction of sp³-hybridized carbons (Fsp3) is 0.273. The first-order valence-corrected chi connectivity index (χ1v) is 9.35. The molecule has 0 fully saturated rings. The second-order valence-corrected chi connectivity index (χ2v) is 6.73. The number of unbranched alkanes of at least 4 members (excludes halogenated alkanes) is 1. The Morgan fingerprint density at radius 3 is 2.50 bits per heavy atom. The van der Waals surface area contributed by atoms with E-state index in [1.807, 2.05) is 12.1 Å².